The molecule has 1 aliphatic carbocycles. The monoisotopic (exact) mass is 480 g/mol. The lowest BCUT2D eigenvalue weighted by molar-refractivity contribution is -0.140. The van der Waals surface area contributed by atoms with Crippen LogP contribution in [-0.2, 0) is 16.6 Å². The third kappa shape index (κ3) is 4.41. The number of hydrogen-bond acceptors (Lipinski definition) is 6. The molecule has 2 amide bonds. The molecule has 2 fully saturated rings. The van der Waals surface area contributed by atoms with E-state index in [2.05, 4.69) is 10.6 Å². The number of nitrogens with one attached hydrogen (secondary N) is 2. The van der Waals surface area contributed by atoms with E-state index in [1.165, 1.54) is 11.3 Å². The molecule has 5 rings (SSSR count). The summed E-state index contributed by atoms with van der Waals surface area (Å²) in [7, 11) is 1.98. The molecule has 0 spiro atoms. The molecule has 34 heavy (non-hydrogen) atoms. The number of likely N-dealkylation sites (tertiary alicyclic amines) is 1. The van der Waals surface area contributed by atoms with Crippen molar-refractivity contribution in [1.29, 1.82) is 0 Å². The van der Waals surface area contributed by atoms with Gasteiger partial charge in [-0.3, -0.25) is 9.59 Å². The predicted octanol–water partition coefficient (Wildman–Crippen LogP) is 3.79. The summed E-state index contributed by atoms with van der Waals surface area (Å²) in [6.07, 6.45) is 3.64. The number of carbonyl (C=O) groups excluding carboxylic acids is 2. The van der Waals surface area contributed by atoms with E-state index in [0.29, 0.717) is 11.7 Å². The summed E-state index contributed by atoms with van der Waals surface area (Å²) < 4.78 is 2.04. The minimum absolute atomic E-state index is 0.0145. The third-order valence-corrected chi connectivity index (χ3v) is 7.44. The van der Waals surface area contributed by atoms with E-state index in [0.717, 1.165) is 48.2 Å². The second kappa shape index (κ2) is 8.69. The van der Waals surface area contributed by atoms with E-state index >= 15 is 0 Å². The molecule has 0 radical (unpaired) electrons. The molecule has 1 aromatic carbocycles. The maximum atomic E-state index is 13.7. The first-order chi connectivity index (χ1) is 16.2. The molecule has 1 saturated heterocycles. The van der Waals surface area contributed by atoms with Crippen LogP contribution in [0.25, 0.3) is 22.6 Å². The Bertz CT molecular complexity index is 1220. The average molecular weight is 481 g/mol. The summed E-state index contributed by atoms with van der Waals surface area (Å²) in [6.45, 7) is 6.73. The molecule has 2 aliphatic rings. The van der Waals surface area contributed by atoms with Crippen LogP contribution in [-0.4, -0.2) is 55.9 Å². The number of anilines is 1. The molecule has 3 heterocycles. The minimum atomic E-state index is -0.499. The van der Waals surface area contributed by atoms with Crippen LogP contribution in [0.5, 0.6) is 0 Å². The lowest BCUT2D eigenvalue weighted by atomic mass is 9.85. The lowest BCUT2D eigenvalue weighted by Crippen LogP contribution is -2.54. The number of hydrogen-bond donors (Lipinski definition) is 2. The molecule has 2 aromatic heterocycles. The van der Waals surface area contributed by atoms with E-state index < -0.39 is 6.04 Å². The minimum Gasteiger partial charge on any atom is -0.352 e. The molecular weight excluding hydrogens is 448 g/mol. The number of carbonyl (C=O) groups is 2. The van der Waals surface area contributed by atoms with E-state index in [1.807, 2.05) is 62.0 Å². The molecular formula is C25H32N6O2S. The van der Waals surface area contributed by atoms with E-state index in [9.17, 15) is 9.59 Å². The number of benzene rings is 1. The van der Waals surface area contributed by atoms with Crippen LogP contribution in [0.4, 0.5) is 5.13 Å². The second-order valence-corrected chi connectivity index (χ2v) is 11.3. The van der Waals surface area contributed by atoms with Crippen molar-refractivity contribution in [1.82, 2.24) is 24.8 Å². The van der Waals surface area contributed by atoms with Gasteiger partial charge in [-0.05, 0) is 43.2 Å². The number of rotatable bonds is 6. The van der Waals surface area contributed by atoms with Gasteiger partial charge in [0.15, 0.2) is 11.0 Å². The molecule has 1 saturated carbocycles. The van der Waals surface area contributed by atoms with Gasteiger partial charge < -0.3 is 20.1 Å². The van der Waals surface area contributed by atoms with Crippen LogP contribution < -0.4 is 10.6 Å². The van der Waals surface area contributed by atoms with Gasteiger partial charge in [-0.25, -0.2) is 9.97 Å². The zero-order valence-electron chi connectivity index (χ0n) is 20.2. The van der Waals surface area contributed by atoms with E-state index in [4.69, 9.17) is 9.97 Å². The van der Waals surface area contributed by atoms with Crippen molar-refractivity contribution in [3.05, 3.63) is 29.6 Å². The lowest BCUT2D eigenvalue weighted by Gasteiger charge is -2.35. The maximum Gasteiger partial charge on any atom is 0.246 e. The van der Waals surface area contributed by atoms with Crippen LogP contribution in [0.2, 0.25) is 0 Å². The van der Waals surface area contributed by atoms with Gasteiger partial charge >= 0.3 is 0 Å². The fourth-order valence-electron chi connectivity index (χ4n) is 4.58. The molecule has 180 valence electrons. The highest BCUT2D eigenvalue weighted by molar-refractivity contribution is 7.14. The van der Waals surface area contributed by atoms with Crippen molar-refractivity contribution < 1.29 is 9.59 Å². The molecule has 1 aliphatic heterocycles. The third-order valence-electron chi connectivity index (χ3n) is 6.66. The largest absolute Gasteiger partial charge is 0.352 e. The van der Waals surface area contributed by atoms with E-state index in [-0.39, 0.29) is 29.3 Å². The summed E-state index contributed by atoms with van der Waals surface area (Å²) in [4.78, 5) is 37.7. The van der Waals surface area contributed by atoms with Crippen LogP contribution in [0, 0.1) is 5.41 Å². The molecule has 8 nitrogen and oxygen atoms in total. The topological polar surface area (TPSA) is 92.2 Å². The Morgan fingerprint density at radius 2 is 1.91 bits per heavy atom. The second-order valence-electron chi connectivity index (χ2n) is 10.4. The SMILES string of the molecule is Cn1c(-c2csc(N[C@H](C(=O)N3CCC[C@H]3C(=O)NC3CC3)C(C)(C)C)n2)nc2ccccc21. The van der Waals surface area contributed by atoms with Gasteiger partial charge in [0, 0.05) is 25.0 Å². The number of para-hydroxylation sites is 2. The number of nitrogens with zero attached hydrogens (tertiary/aromatic N) is 4. The fourth-order valence-corrected chi connectivity index (χ4v) is 5.30. The van der Waals surface area contributed by atoms with Crippen molar-refractivity contribution in [3.8, 4) is 11.5 Å². The Kier molecular flexibility index (Phi) is 5.83. The highest BCUT2D eigenvalue weighted by Gasteiger charge is 2.42. The van der Waals surface area contributed by atoms with Crippen LogP contribution in [0.15, 0.2) is 29.6 Å². The van der Waals surface area contributed by atoms with E-state index in [1.54, 1.807) is 4.90 Å². The average Bonchev–Trinajstić information content (AvgIpc) is 3.18. The zero-order valence-corrected chi connectivity index (χ0v) is 21.0. The molecule has 0 unspecified atom stereocenters. The van der Waals surface area contributed by atoms with Crippen molar-refractivity contribution in [2.24, 2.45) is 12.5 Å². The van der Waals surface area contributed by atoms with Crippen LogP contribution in [0.3, 0.4) is 0 Å². The van der Waals surface area contributed by atoms with Gasteiger partial charge in [0.25, 0.3) is 0 Å². The highest BCUT2D eigenvalue weighted by atomic mass is 32.1. The van der Waals surface area contributed by atoms with Gasteiger partial charge in [-0.2, -0.15) is 0 Å². The van der Waals surface area contributed by atoms with Crippen LogP contribution in [0.1, 0.15) is 46.5 Å². The Labute approximate surface area is 203 Å². The first-order valence-electron chi connectivity index (χ1n) is 12.0. The van der Waals surface area contributed by atoms with Gasteiger partial charge in [0.05, 0.1) is 11.0 Å². The number of aryl methyl sites for hydroxylation is 1. The summed E-state index contributed by atoms with van der Waals surface area (Å²) in [6, 6.07) is 7.41. The molecule has 3 aromatic rings. The van der Waals surface area contributed by atoms with Gasteiger partial charge in [-0.1, -0.05) is 32.9 Å². The van der Waals surface area contributed by atoms with Crippen molar-refractivity contribution in [3.63, 3.8) is 0 Å². The van der Waals surface area contributed by atoms with Crippen molar-refractivity contribution >= 4 is 39.3 Å². The van der Waals surface area contributed by atoms with Crippen molar-refractivity contribution in [2.75, 3.05) is 11.9 Å². The number of imidazole rings is 1. The number of aromatic nitrogens is 3. The molecule has 0 bridgehead atoms. The normalized spacial score (nSPS) is 19.4. The highest BCUT2D eigenvalue weighted by Crippen LogP contribution is 2.32. The smallest absolute Gasteiger partial charge is 0.246 e. The first-order valence-corrected chi connectivity index (χ1v) is 12.8. The first kappa shape index (κ1) is 22.8. The Hall–Kier alpha value is -2.94. The van der Waals surface area contributed by atoms with Gasteiger partial charge in [0.1, 0.15) is 17.8 Å². The maximum absolute atomic E-state index is 13.7. The predicted molar refractivity (Wildman–Crippen MR) is 135 cm³/mol. The zero-order chi connectivity index (χ0) is 24.0. The standard InChI is InChI=1S/C25H32N6O2S/c1-25(2,3)20(23(33)31-13-7-10-19(31)22(32)26-15-11-12-15)29-24-28-17(14-34-24)21-27-16-8-5-6-9-18(16)30(21)4/h5-6,8-9,14-15,19-20H,7,10-13H2,1-4H3,(H,26,32)(H,28,29)/t19-,20+/m0/s1. The number of thiazole rings is 1. The Balaban J connectivity index is 1.36. The molecule has 2 atom stereocenters. The quantitative estimate of drug-likeness (QED) is 0.560. The molecule has 2 N–H and O–H groups in total. The summed E-state index contributed by atoms with van der Waals surface area (Å²) in [5.74, 6) is 0.736. The summed E-state index contributed by atoms with van der Waals surface area (Å²) in [5.41, 5.74) is 2.39. The Morgan fingerprint density at radius 3 is 2.62 bits per heavy atom. The van der Waals surface area contributed by atoms with Crippen molar-refractivity contribution in [2.45, 2.75) is 64.6 Å². The van der Waals surface area contributed by atoms with Gasteiger partial charge in [0.2, 0.25) is 11.8 Å². The fraction of sp³-hybridized carbons (Fsp3) is 0.520. The Morgan fingerprint density at radius 1 is 1.15 bits per heavy atom. The number of fused-ring (bicyclic) bond motifs is 1. The van der Waals surface area contributed by atoms with Crippen LogP contribution >= 0.6 is 11.3 Å². The summed E-state index contributed by atoms with van der Waals surface area (Å²) >= 11 is 1.47. The summed E-state index contributed by atoms with van der Waals surface area (Å²) in [5, 5.41) is 9.11. The number of amides is 2. The molecule has 9 heteroatoms. The van der Waals surface area contributed by atoms with Gasteiger partial charge in [-0.15, -0.1) is 11.3 Å².